The van der Waals surface area contributed by atoms with Crippen LogP contribution >= 0.6 is 11.8 Å². The van der Waals surface area contributed by atoms with Crippen LogP contribution in [0.1, 0.15) is 43.4 Å². The second-order valence-corrected chi connectivity index (χ2v) is 9.14. The summed E-state index contributed by atoms with van der Waals surface area (Å²) in [5.41, 5.74) is 4.96. The van der Waals surface area contributed by atoms with Crippen molar-refractivity contribution in [2.75, 3.05) is 19.7 Å². The van der Waals surface area contributed by atoms with Crippen molar-refractivity contribution in [3.05, 3.63) is 34.9 Å². The minimum absolute atomic E-state index is 0.328. The topological polar surface area (TPSA) is 37.7 Å². The monoisotopic (exact) mass is 383 g/mol. The molecule has 144 valence electrons. The van der Waals surface area contributed by atoms with E-state index in [4.69, 9.17) is 14.7 Å². The van der Waals surface area contributed by atoms with Gasteiger partial charge in [0.25, 0.3) is 0 Å². The third-order valence-corrected chi connectivity index (χ3v) is 6.42. The van der Waals surface area contributed by atoms with Gasteiger partial charge < -0.3 is 9.64 Å². The highest BCUT2D eigenvalue weighted by molar-refractivity contribution is 8.13. The second-order valence-electron chi connectivity index (χ2n) is 8.18. The Bertz CT molecular complexity index is 871. The molecule has 0 spiro atoms. The Kier molecular flexibility index (Phi) is 5.42. The molecule has 0 N–H and O–H groups in total. The van der Waals surface area contributed by atoms with Crippen molar-refractivity contribution in [2.45, 2.75) is 58.2 Å². The lowest BCUT2D eigenvalue weighted by molar-refractivity contribution is 0.0902. The molecule has 2 aliphatic rings. The van der Waals surface area contributed by atoms with Gasteiger partial charge in [-0.25, -0.2) is 4.98 Å². The summed E-state index contributed by atoms with van der Waals surface area (Å²) in [6, 6.07) is 6.71. The zero-order valence-corrected chi connectivity index (χ0v) is 17.6. The van der Waals surface area contributed by atoms with Gasteiger partial charge in [-0.15, -0.1) is 0 Å². The summed E-state index contributed by atoms with van der Waals surface area (Å²) in [5.74, 6) is 0.554. The molecule has 4 rings (SSSR count). The van der Waals surface area contributed by atoms with E-state index in [0.29, 0.717) is 12.0 Å². The second kappa shape index (κ2) is 7.80. The van der Waals surface area contributed by atoms with Gasteiger partial charge in [0, 0.05) is 37.2 Å². The fourth-order valence-corrected chi connectivity index (χ4v) is 4.73. The molecule has 2 aromatic rings. The molecule has 1 atom stereocenters. The lowest BCUT2D eigenvalue weighted by Gasteiger charge is -2.32. The molecule has 1 aromatic carbocycles. The number of rotatable bonds is 4. The normalized spacial score (nSPS) is 21.4. The van der Waals surface area contributed by atoms with E-state index < -0.39 is 0 Å². The van der Waals surface area contributed by atoms with Crippen LogP contribution in [0.2, 0.25) is 0 Å². The first kappa shape index (κ1) is 18.8. The number of aliphatic imine (C=N–C) groups is 1. The first-order valence-corrected chi connectivity index (χ1v) is 10.8. The molecule has 0 radical (unpaired) electrons. The fraction of sp³-hybridized carbons (Fsp3) is 0.545. The minimum Gasteiger partial charge on any atom is -0.376 e. The minimum atomic E-state index is 0.328. The van der Waals surface area contributed by atoms with E-state index >= 15 is 0 Å². The van der Waals surface area contributed by atoms with E-state index in [0.717, 1.165) is 48.4 Å². The van der Waals surface area contributed by atoms with Crippen LogP contribution in [0.4, 0.5) is 0 Å². The highest BCUT2D eigenvalue weighted by Crippen LogP contribution is 2.35. The van der Waals surface area contributed by atoms with E-state index in [1.54, 1.807) is 11.8 Å². The number of hydrogen-bond donors (Lipinski definition) is 0. The van der Waals surface area contributed by atoms with Gasteiger partial charge >= 0.3 is 0 Å². The van der Waals surface area contributed by atoms with Crippen molar-refractivity contribution in [1.82, 2.24) is 9.88 Å². The number of aryl methyl sites for hydroxylation is 2. The number of nitrogens with zero attached hydrogens (tertiary/aromatic N) is 3. The predicted octanol–water partition coefficient (Wildman–Crippen LogP) is 4.95. The van der Waals surface area contributed by atoms with Crippen LogP contribution in [0.25, 0.3) is 10.9 Å². The SMILES string of the molecule is Cc1ccc(C)c2nc3c(cc12)CN(C[C@H]1CCCO1)C(=NCC(C)C)S3. The molecule has 27 heavy (non-hydrogen) atoms. The number of aromatic nitrogens is 1. The summed E-state index contributed by atoms with van der Waals surface area (Å²) in [7, 11) is 0. The van der Waals surface area contributed by atoms with Crippen molar-refractivity contribution in [1.29, 1.82) is 0 Å². The van der Waals surface area contributed by atoms with Crippen LogP contribution in [-0.2, 0) is 11.3 Å². The van der Waals surface area contributed by atoms with Crippen molar-refractivity contribution < 1.29 is 4.74 Å². The Morgan fingerprint density at radius 1 is 1.30 bits per heavy atom. The number of thioether (sulfide) groups is 1. The first-order chi connectivity index (χ1) is 13.0. The summed E-state index contributed by atoms with van der Waals surface area (Å²) >= 11 is 1.73. The van der Waals surface area contributed by atoms with Gasteiger partial charge in [0.2, 0.25) is 0 Å². The fourth-order valence-electron chi connectivity index (χ4n) is 3.75. The third-order valence-electron chi connectivity index (χ3n) is 5.30. The van der Waals surface area contributed by atoms with E-state index in [2.05, 4.69) is 50.8 Å². The third kappa shape index (κ3) is 3.99. The van der Waals surface area contributed by atoms with E-state index in [1.807, 2.05) is 0 Å². The largest absolute Gasteiger partial charge is 0.376 e. The maximum atomic E-state index is 5.90. The summed E-state index contributed by atoms with van der Waals surface area (Å²) in [6.45, 7) is 12.3. The summed E-state index contributed by atoms with van der Waals surface area (Å²) < 4.78 is 5.90. The Morgan fingerprint density at radius 2 is 2.11 bits per heavy atom. The molecule has 0 amide bonds. The molecular weight excluding hydrogens is 354 g/mol. The maximum absolute atomic E-state index is 5.90. The Balaban J connectivity index is 1.70. The molecule has 3 heterocycles. The zero-order chi connectivity index (χ0) is 19.0. The molecule has 5 heteroatoms. The van der Waals surface area contributed by atoms with Crippen molar-refractivity contribution in [3.8, 4) is 0 Å². The Labute approximate surface area is 166 Å². The van der Waals surface area contributed by atoms with Crippen LogP contribution < -0.4 is 0 Å². The van der Waals surface area contributed by atoms with Crippen LogP contribution in [0.3, 0.4) is 0 Å². The van der Waals surface area contributed by atoms with Crippen molar-refractivity contribution in [2.24, 2.45) is 10.9 Å². The molecule has 1 saturated heterocycles. The molecule has 0 saturated carbocycles. The van der Waals surface area contributed by atoms with Crippen molar-refractivity contribution in [3.63, 3.8) is 0 Å². The lowest BCUT2D eigenvalue weighted by atomic mass is 10.0. The first-order valence-electron chi connectivity index (χ1n) is 10.00. The predicted molar refractivity (Wildman–Crippen MR) is 114 cm³/mol. The molecule has 0 bridgehead atoms. The Hall–Kier alpha value is -1.59. The maximum Gasteiger partial charge on any atom is 0.165 e. The van der Waals surface area contributed by atoms with Gasteiger partial charge in [-0.1, -0.05) is 26.0 Å². The molecule has 1 aromatic heterocycles. The Morgan fingerprint density at radius 3 is 2.85 bits per heavy atom. The number of pyridine rings is 1. The van der Waals surface area contributed by atoms with Gasteiger partial charge in [0.1, 0.15) is 5.03 Å². The molecule has 0 aliphatic carbocycles. The van der Waals surface area contributed by atoms with Gasteiger partial charge in [0.15, 0.2) is 5.17 Å². The van der Waals surface area contributed by atoms with Crippen LogP contribution in [0, 0.1) is 19.8 Å². The average molecular weight is 384 g/mol. The highest BCUT2D eigenvalue weighted by atomic mass is 32.2. The van der Waals surface area contributed by atoms with Crippen LogP contribution in [0.5, 0.6) is 0 Å². The van der Waals surface area contributed by atoms with Crippen molar-refractivity contribution >= 4 is 27.8 Å². The number of amidine groups is 1. The molecule has 0 unspecified atom stereocenters. The van der Waals surface area contributed by atoms with Gasteiger partial charge in [-0.05, 0) is 61.6 Å². The molecule has 4 nitrogen and oxygen atoms in total. The smallest absolute Gasteiger partial charge is 0.165 e. The summed E-state index contributed by atoms with van der Waals surface area (Å²) in [5, 5.41) is 3.49. The van der Waals surface area contributed by atoms with E-state index in [-0.39, 0.29) is 0 Å². The summed E-state index contributed by atoms with van der Waals surface area (Å²) in [6.07, 6.45) is 2.65. The van der Waals surface area contributed by atoms with E-state index in [9.17, 15) is 0 Å². The zero-order valence-electron chi connectivity index (χ0n) is 16.8. The number of hydrogen-bond acceptors (Lipinski definition) is 4. The van der Waals surface area contributed by atoms with Gasteiger partial charge in [0.05, 0.1) is 11.6 Å². The standard InChI is InChI=1S/C22H29N3OS/c1-14(2)11-23-22-25(13-18-6-5-9-26-18)12-17-10-19-15(3)7-8-16(4)20(19)24-21(17)27-22/h7-8,10,14,18H,5-6,9,11-13H2,1-4H3/t18-/m1/s1. The number of fused-ring (bicyclic) bond motifs is 2. The number of benzene rings is 1. The number of ether oxygens (including phenoxy) is 1. The molecule has 1 fully saturated rings. The quantitative estimate of drug-likeness (QED) is 0.749. The highest BCUT2D eigenvalue weighted by Gasteiger charge is 2.28. The van der Waals surface area contributed by atoms with Gasteiger partial charge in [-0.2, -0.15) is 0 Å². The van der Waals surface area contributed by atoms with Crippen LogP contribution in [0.15, 0.2) is 28.2 Å². The molecular formula is C22H29N3OS. The lowest BCUT2D eigenvalue weighted by Crippen LogP contribution is -2.38. The van der Waals surface area contributed by atoms with Crippen LogP contribution in [-0.4, -0.2) is 40.9 Å². The van der Waals surface area contributed by atoms with E-state index in [1.165, 1.54) is 28.5 Å². The summed E-state index contributed by atoms with van der Waals surface area (Å²) in [4.78, 5) is 12.4. The average Bonchev–Trinajstić information content (AvgIpc) is 3.15. The van der Waals surface area contributed by atoms with Gasteiger partial charge in [-0.3, -0.25) is 4.99 Å². The molecule has 2 aliphatic heterocycles.